The second-order valence-corrected chi connectivity index (χ2v) is 6.98. The second kappa shape index (κ2) is 9.45. The molecule has 128 valence electrons. The van der Waals surface area contributed by atoms with Crippen LogP contribution in [0.5, 0.6) is 0 Å². The van der Waals surface area contributed by atoms with E-state index in [4.69, 9.17) is 11.6 Å². The van der Waals surface area contributed by atoms with Crippen LogP contribution in [0.25, 0.3) is 0 Å². The molecule has 4 nitrogen and oxygen atoms in total. The Balaban J connectivity index is 1.97. The Kier molecular flexibility index (Phi) is 7.28. The highest BCUT2D eigenvalue weighted by molar-refractivity contribution is 7.09. The van der Waals surface area contributed by atoms with Crippen molar-refractivity contribution in [2.75, 3.05) is 13.1 Å². The third-order valence-electron chi connectivity index (χ3n) is 3.60. The topological polar surface area (TPSA) is 58.2 Å². The van der Waals surface area contributed by atoms with Crippen LogP contribution in [-0.4, -0.2) is 24.9 Å². The molecule has 2 rings (SSSR count). The molecule has 0 bridgehead atoms. The van der Waals surface area contributed by atoms with Crippen molar-refractivity contribution in [3.63, 3.8) is 0 Å². The van der Waals surface area contributed by atoms with E-state index in [9.17, 15) is 9.59 Å². The van der Waals surface area contributed by atoms with E-state index >= 15 is 0 Å². The molecule has 0 aliphatic carbocycles. The molecule has 1 unspecified atom stereocenters. The van der Waals surface area contributed by atoms with Crippen molar-refractivity contribution < 1.29 is 9.59 Å². The predicted octanol–water partition coefficient (Wildman–Crippen LogP) is 3.37. The average molecular weight is 365 g/mol. The largest absolute Gasteiger partial charge is 0.356 e. The summed E-state index contributed by atoms with van der Waals surface area (Å²) in [4.78, 5) is 24.6. The summed E-state index contributed by atoms with van der Waals surface area (Å²) in [5.74, 6) is -0.312. The van der Waals surface area contributed by atoms with Crippen molar-refractivity contribution in [1.29, 1.82) is 0 Å². The van der Waals surface area contributed by atoms with Crippen molar-refractivity contribution in [3.05, 3.63) is 57.2 Å². The van der Waals surface area contributed by atoms with E-state index in [0.29, 0.717) is 31.0 Å². The Labute approximate surface area is 151 Å². The molecule has 0 saturated heterocycles. The van der Waals surface area contributed by atoms with Crippen LogP contribution in [0.15, 0.2) is 41.8 Å². The molecule has 0 fully saturated rings. The van der Waals surface area contributed by atoms with Crippen LogP contribution < -0.4 is 10.6 Å². The Hall–Kier alpha value is -1.85. The standard InChI is InChI=1S/C18H21ClN2O2S/c1-13(22)20-9-3-10-21-18(23)17(12-16-4-2-11-24-16)14-5-7-15(19)8-6-14/h2,4-8,11,17H,3,9-10,12H2,1H3,(H,20,22)(H,21,23). The number of benzene rings is 1. The van der Waals surface area contributed by atoms with Gasteiger partial charge < -0.3 is 10.6 Å². The zero-order valence-corrected chi connectivity index (χ0v) is 15.1. The fraction of sp³-hybridized carbons (Fsp3) is 0.333. The number of carbonyl (C=O) groups excluding carboxylic acids is 2. The lowest BCUT2D eigenvalue weighted by Crippen LogP contribution is -2.33. The summed E-state index contributed by atoms with van der Waals surface area (Å²) in [5.41, 5.74) is 0.951. The summed E-state index contributed by atoms with van der Waals surface area (Å²) in [6, 6.07) is 11.4. The molecule has 0 aliphatic heterocycles. The Morgan fingerprint density at radius 3 is 2.46 bits per heavy atom. The van der Waals surface area contributed by atoms with E-state index in [1.54, 1.807) is 11.3 Å². The molecule has 6 heteroatoms. The van der Waals surface area contributed by atoms with E-state index in [1.807, 2.05) is 41.8 Å². The summed E-state index contributed by atoms with van der Waals surface area (Å²) >= 11 is 7.60. The Morgan fingerprint density at radius 1 is 1.12 bits per heavy atom. The Morgan fingerprint density at radius 2 is 1.83 bits per heavy atom. The summed E-state index contributed by atoms with van der Waals surface area (Å²) in [7, 11) is 0. The van der Waals surface area contributed by atoms with Crippen LogP contribution in [0.2, 0.25) is 5.02 Å². The summed E-state index contributed by atoms with van der Waals surface area (Å²) < 4.78 is 0. The zero-order chi connectivity index (χ0) is 17.4. The van der Waals surface area contributed by atoms with Gasteiger partial charge in [0.15, 0.2) is 0 Å². The fourth-order valence-corrected chi connectivity index (χ4v) is 3.25. The van der Waals surface area contributed by atoms with Crippen LogP contribution >= 0.6 is 22.9 Å². The smallest absolute Gasteiger partial charge is 0.227 e. The van der Waals surface area contributed by atoms with Crippen LogP contribution in [0.1, 0.15) is 29.7 Å². The highest BCUT2D eigenvalue weighted by Crippen LogP contribution is 2.25. The predicted molar refractivity (Wildman–Crippen MR) is 98.5 cm³/mol. The molecular weight excluding hydrogens is 344 g/mol. The van der Waals surface area contributed by atoms with E-state index < -0.39 is 0 Å². The lowest BCUT2D eigenvalue weighted by atomic mass is 9.94. The molecule has 0 saturated carbocycles. The van der Waals surface area contributed by atoms with Crippen LogP contribution in [-0.2, 0) is 16.0 Å². The van der Waals surface area contributed by atoms with Crippen LogP contribution in [0.3, 0.4) is 0 Å². The van der Waals surface area contributed by atoms with Crippen LogP contribution in [0.4, 0.5) is 0 Å². The molecule has 2 N–H and O–H groups in total. The fourth-order valence-electron chi connectivity index (χ4n) is 2.37. The quantitative estimate of drug-likeness (QED) is 0.705. The summed E-state index contributed by atoms with van der Waals surface area (Å²) in [5, 5.41) is 8.35. The molecule has 2 amide bonds. The lowest BCUT2D eigenvalue weighted by Gasteiger charge is -2.17. The third-order valence-corrected chi connectivity index (χ3v) is 4.75. The van der Waals surface area contributed by atoms with Crippen LogP contribution in [0, 0.1) is 0 Å². The summed E-state index contributed by atoms with van der Waals surface area (Å²) in [6.45, 7) is 2.58. The monoisotopic (exact) mass is 364 g/mol. The first-order valence-electron chi connectivity index (χ1n) is 7.86. The number of nitrogens with one attached hydrogen (secondary N) is 2. The first-order chi connectivity index (χ1) is 11.6. The van der Waals surface area contributed by atoms with Gasteiger partial charge in [0.05, 0.1) is 5.92 Å². The highest BCUT2D eigenvalue weighted by Gasteiger charge is 2.21. The average Bonchev–Trinajstić information content (AvgIpc) is 3.06. The molecule has 0 spiro atoms. The highest BCUT2D eigenvalue weighted by atomic mass is 35.5. The number of thiophene rings is 1. The normalized spacial score (nSPS) is 11.8. The van der Waals surface area contributed by atoms with E-state index in [-0.39, 0.29) is 17.7 Å². The molecule has 24 heavy (non-hydrogen) atoms. The van der Waals surface area contributed by atoms with E-state index in [2.05, 4.69) is 10.6 Å². The number of halogens is 1. The van der Waals surface area contributed by atoms with Gasteiger partial charge in [-0.05, 0) is 42.0 Å². The minimum absolute atomic E-state index is 0.00597. The molecule has 1 aromatic carbocycles. The number of carbonyl (C=O) groups is 2. The SMILES string of the molecule is CC(=O)NCCCNC(=O)C(Cc1cccs1)c1ccc(Cl)cc1. The minimum atomic E-state index is -0.248. The van der Waals surface area contributed by atoms with E-state index in [0.717, 1.165) is 5.56 Å². The van der Waals surface area contributed by atoms with Gasteiger partial charge in [-0.3, -0.25) is 9.59 Å². The summed E-state index contributed by atoms with van der Waals surface area (Å²) in [6.07, 6.45) is 1.37. The van der Waals surface area contributed by atoms with Crippen molar-refractivity contribution in [2.45, 2.75) is 25.7 Å². The first kappa shape index (κ1) is 18.5. The minimum Gasteiger partial charge on any atom is -0.356 e. The maximum absolute atomic E-state index is 12.6. The number of hydrogen-bond acceptors (Lipinski definition) is 3. The zero-order valence-electron chi connectivity index (χ0n) is 13.5. The van der Waals surface area contributed by atoms with Gasteiger partial charge in [0.25, 0.3) is 0 Å². The molecule has 1 heterocycles. The molecule has 1 aromatic heterocycles. The van der Waals surface area contributed by atoms with Gasteiger partial charge in [-0.15, -0.1) is 11.3 Å². The van der Waals surface area contributed by atoms with E-state index in [1.165, 1.54) is 11.8 Å². The van der Waals surface area contributed by atoms with Crippen molar-refractivity contribution in [3.8, 4) is 0 Å². The van der Waals surface area contributed by atoms with Gasteiger partial charge in [-0.2, -0.15) is 0 Å². The first-order valence-corrected chi connectivity index (χ1v) is 9.12. The van der Waals surface area contributed by atoms with Gasteiger partial charge in [0.2, 0.25) is 11.8 Å². The van der Waals surface area contributed by atoms with Crippen molar-refractivity contribution in [2.24, 2.45) is 0 Å². The van der Waals surface area contributed by atoms with Gasteiger partial charge in [-0.25, -0.2) is 0 Å². The Bertz CT molecular complexity index is 656. The lowest BCUT2D eigenvalue weighted by molar-refractivity contribution is -0.122. The second-order valence-electron chi connectivity index (χ2n) is 5.52. The van der Waals surface area contributed by atoms with Crippen molar-refractivity contribution >= 4 is 34.8 Å². The van der Waals surface area contributed by atoms with Gasteiger partial charge in [0, 0.05) is 29.9 Å². The number of amides is 2. The van der Waals surface area contributed by atoms with Gasteiger partial charge >= 0.3 is 0 Å². The van der Waals surface area contributed by atoms with Crippen molar-refractivity contribution in [1.82, 2.24) is 10.6 Å². The molecule has 0 aliphatic rings. The van der Waals surface area contributed by atoms with Gasteiger partial charge in [0.1, 0.15) is 0 Å². The number of rotatable bonds is 8. The maximum atomic E-state index is 12.6. The molecular formula is C18H21ClN2O2S. The molecule has 1 atom stereocenters. The van der Waals surface area contributed by atoms with Gasteiger partial charge in [-0.1, -0.05) is 29.8 Å². The molecule has 2 aromatic rings. The third kappa shape index (κ3) is 5.98. The molecule has 0 radical (unpaired) electrons. The number of hydrogen-bond donors (Lipinski definition) is 2. The maximum Gasteiger partial charge on any atom is 0.227 e.